The molecule has 1 amide bonds. The van der Waals surface area contributed by atoms with Gasteiger partial charge < -0.3 is 10.6 Å². The third-order valence-electron chi connectivity index (χ3n) is 3.17. The summed E-state index contributed by atoms with van der Waals surface area (Å²) in [5, 5.41) is 6.13. The van der Waals surface area contributed by atoms with E-state index in [-0.39, 0.29) is 5.91 Å². The Labute approximate surface area is 139 Å². The second kappa shape index (κ2) is 7.94. The monoisotopic (exact) mass is 361 g/mol. The number of para-hydroxylation sites is 1. The van der Waals surface area contributed by atoms with Gasteiger partial charge in [0.2, 0.25) is 0 Å². The van der Waals surface area contributed by atoms with Gasteiger partial charge in [0.05, 0.1) is 17.6 Å². The SMILES string of the molecule is CC(C)CCNc1ccc(C(=O)Nc2ccccc2Br)nc1. The average molecular weight is 362 g/mol. The molecule has 0 aliphatic rings. The number of pyridine rings is 1. The minimum atomic E-state index is -0.222. The van der Waals surface area contributed by atoms with Crippen molar-refractivity contribution in [3.63, 3.8) is 0 Å². The summed E-state index contributed by atoms with van der Waals surface area (Å²) in [5.41, 5.74) is 2.05. The molecule has 0 bridgehead atoms. The summed E-state index contributed by atoms with van der Waals surface area (Å²) >= 11 is 3.40. The molecule has 0 fully saturated rings. The lowest BCUT2D eigenvalue weighted by atomic mass is 10.1. The van der Waals surface area contributed by atoms with E-state index < -0.39 is 0 Å². The fourth-order valence-corrected chi connectivity index (χ4v) is 2.27. The summed E-state index contributed by atoms with van der Waals surface area (Å²) < 4.78 is 0.843. The van der Waals surface area contributed by atoms with Crippen LogP contribution < -0.4 is 10.6 Å². The van der Waals surface area contributed by atoms with Gasteiger partial charge in [0, 0.05) is 11.0 Å². The number of amides is 1. The molecule has 0 saturated carbocycles. The molecule has 1 heterocycles. The number of rotatable bonds is 6. The maximum absolute atomic E-state index is 12.2. The van der Waals surface area contributed by atoms with Crippen molar-refractivity contribution in [3.8, 4) is 0 Å². The van der Waals surface area contributed by atoms with Crippen LogP contribution in [0.1, 0.15) is 30.8 Å². The molecule has 0 spiro atoms. The Kier molecular flexibility index (Phi) is 5.95. The number of hydrogen-bond acceptors (Lipinski definition) is 3. The third-order valence-corrected chi connectivity index (χ3v) is 3.86. The van der Waals surface area contributed by atoms with Gasteiger partial charge in [0.15, 0.2) is 0 Å². The van der Waals surface area contributed by atoms with Crippen LogP contribution in [0.2, 0.25) is 0 Å². The van der Waals surface area contributed by atoms with Crippen LogP contribution in [-0.2, 0) is 0 Å². The molecule has 22 heavy (non-hydrogen) atoms. The van der Waals surface area contributed by atoms with E-state index in [4.69, 9.17) is 0 Å². The molecule has 0 aliphatic heterocycles. The quantitative estimate of drug-likeness (QED) is 0.792. The maximum atomic E-state index is 12.2. The lowest BCUT2D eigenvalue weighted by Gasteiger charge is -2.09. The fraction of sp³-hybridized carbons (Fsp3) is 0.294. The summed E-state index contributed by atoms with van der Waals surface area (Å²) in [6.45, 7) is 5.28. The molecular formula is C17H20BrN3O. The standard InChI is InChI=1S/C17H20BrN3O/c1-12(2)9-10-19-13-7-8-16(20-11-13)17(22)21-15-6-4-3-5-14(15)18/h3-8,11-12,19H,9-10H2,1-2H3,(H,21,22). The largest absolute Gasteiger partial charge is 0.384 e. The van der Waals surface area contributed by atoms with Crippen molar-refractivity contribution in [2.75, 3.05) is 17.2 Å². The Morgan fingerprint density at radius 3 is 2.64 bits per heavy atom. The molecule has 2 rings (SSSR count). The van der Waals surface area contributed by atoms with Gasteiger partial charge >= 0.3 is 0 Å². The number of nitrogens with one attached hydrogen (secondary N) is 2. The van der Waals surface area contributed by atoms with Crippen molar-refractivity contribution < 1.29 is 4.79 Å². The lowest BCUT2D eigenvalue weighted by molar-refractivity contribution is 0.102. The van der Waals surface area contributed by atoms with E-state index in [0.717, 1.165) is 28.8 Å². The van der Waals surface area contributed by atoms with Gasteiger partial charge in [0.25, 0.3) is 5.91 Å². The first-order valence-electron chi connectivity index (χ1n) is 7.32. The predicted molar refractivity (Wildman–Crippen MR) is 94.3 cm³/mol. The molecule has 0 radical (unpaired) electrons. The van der Waals surface area contributed by atoms with Crippen LogP contribution >= 0.6 is 15.9 Å². The Hall–Kier alpha value is -1.88. The topological polar surface area (TPSA) is 54.0 Å². The molecule has 1 aromatic carbocycles. The summed E-state index contributed by atoms with van der Waals surface area (Å²) in [6, 6.07) is 11.1. The Balaban J connectivity index is 1.95. The van der Waals surface area contributed by atoms with Crippen molar-refractivity contribution in [2.24, 2.45) is 5.92 Å². The number of aromatic nitrogens is 1. The first-order valence-corrected chi connectivity index (χ1v) is 8.11. The molecule has 2 aromatic rings. The van der Waals surface area contributed by atoms with E-state index in [1.807, 2.05) is 30.3 Å². The van der Waals surface area contributed by atoms with Gasteiger partial charge in [-0.05, 0) is 52.5 Å². The highest BCUT2D eigenvalue weighted by molar-refractivity contribution is 9.10. The average Bonchev–Trinajstić information content (AvgIpc) is 2.50. The Morgan fingerprint density at radius 1 is 1.23 bits per heavy atom. The zero-order chi connectivity index (χ0) is 15.9. The molecule has 0 unspecified atom stereocenters. The molecule has 2 N–H and O–H groups in total. The van der Waals surface area contributed by atoms with E-state index >= 15 is 0 Å². The van der Waals surface area contributed by atoms with Crippen LogP contribution in [0.3, 0.4) is 0 Å². The molecule has 5 heteroatoms. The van der Waals surface area contributed by atoms with Crippen molar-refractivity contribution in [1.29, 1.82) is 0 Å². The zero-order valence-electron chi connectivity index (χ0n) is 12.8. The molecule has 4 nitrogen and oxygen atoms in total. The highest BCUT2D eigenvalue weighted by Crippen LogP contribution is 2.21. The summed E-state index contributed by atoms with van der Waals surface area (Å²) in [4.78, 5) is 16.4. The number of carbonyl (C=O) groups is 1. The van der Waals surface area contributed by atoms with Crippen LogP contribution in [0, 0.1) is 5.92 Å². The Morgan fingerprint density at radius 2 is 2.00 bits per heavy atom. The van der Waals surface area contributed by atoms with Crippen molar-refractivity contribution in [3.05, 3.63) is 52.8 Å². The maximum Gasteiger partial charge on any atom is 0.274 e. The van der Waals surface area contributed by atoms with Crippen molar-refractivity contribution in [2.45, 2.75) is 20.3 Å². The van der Waals surface area contributed by atoms with Gasteiger partial charge in [0.1, 0.15) is 5.69 Å². The van der Waals surface area contributed by atoms with E-state index in [0.29, 0.717) is 11.6 Å². The first-order chi connectivity index (χ1) is 10.6. The summed E-state index contributed by atoms with van der Waals surface area (Å²) in [7, 11) is 0. The minimum Gasteiger partial charge on any atom is -0.384 e. The first kappa shape index (κ1) is 16.5. The molecule has 0 atom stereocenters. The third kappa shape index (κ3) is 4.84. The van der Waals surface area contributed by atoms with E-state index in [9.17, 15) is 4.79 Å². The summed E-state index contributed by atoms with van der Waals surface area (Å²) in [5.74, 6) is 0.440. The highest BCUT2D eigenvalue weighted by Gasteiger charge is 2.09. The van der Waals surface area contributed by atoms with Gasteiger partial charge in [-0.25, -0.2) is 4.98 Å². The molecule has 116 valence electrons. The van der Waals surface area contributed by atoms with Crippen LogP contribution in [0.15, 0.2) is 47.1 Å². The van der Waals surface area contributed by atoms with Gasteiger partial charge in [-0.3, -0.25) is 4.79 Å². The number of nitrogens with zero attached hydrogens (tertiary/aromatic N) is 1. The predicted octanol–water partition coefficient (Wildman–Crippen LogP) is 4.55. The van der Waals surface area contributed by atoms with E-state index in [2.05, 4.69) is 45.4 Å². The zero-order valence-corrected chi connectivity index (χ0v) is 14.4. The highest BCUT2D eigenvalue weighted by atomic mass is 79.9. The molecule has 0 aliphatic carbocycles. The molecule has 0 saturated heterocycles. The van der Waals surface area contributed by atoms with Gasteiger partial charge in [-0.1, -0.05) is 26.0 Å². The smallest absolute Gasteiger partial charge is 0.274 e. The van der Waals surface area contributed by atoms with Crippen LogP contribution in [0.25, 0.3) is 0 Å². The second-order valence-corrected chi connectivity index (χ2v) is 6.33. The normalized spacial score (nSPS) is 10.5. The lowest BCUT2D eigenvalue weighted by Crippen LogP contribution is -2.14. The summed E-state index contributed by atoms with van der Waals surface area (Å²) in [6.07, 6.45) is 2.79. The number of carbonyl (C=O) groups excluding carboxylic acids is 1. The van der Waals surface area contributed by atoms with Crippen LogP contribution in [0.5, 0.6) is 0 Å². The number of hydrogen-bond donors (Lipinski definition) is 2. The number of anilines is 2. The Bertz CT molecular complexity index is 626. The molecular weight excluding hydrogens is 342 g/mol. The number of benzene rings is 1. The van der Waals surface area contributed by atoms with Crippen LogP contribution in [0.4, 0.5) is 11.4 Å². The van der Waals surface area contributed by atoms with Crippen LogP contribution in [-0.4, -0.2) is 17.4 Å². The minimum absolute atomic E-state index is 0.222. The number of halogens is 1. The van der Waals surface area contributed by atoms with Gasteiger partial charge in [-0.15, -0.1) is 0 Å². The fourth-order valence-electron chi connectivity index (χ4n) is 1.89. The van der Waals surface area contributed by atoms with Gasteiger partial charge in [-0.2, -0.15) is 0 Å². The second-order valence-electron chi connectivity index (χ2n) is 5.48. The van der Waals surface area contributed by atoms with Crippen molar-refractivity contribution >= 4 is 33.2 Å². The van der Waals surface area contributed by atoms with E-state index in [1.54, 1.807) is 12.3 Å². The molecule has 1 aromatic heterocycles. The van der Waals surface area contributed by atoms with E-state index in [1.165, 1.54) is 0 Å². The van der Waals surface area contributed by atoms with Crippen molar-refractivity contribution in [1.82, 2.24) is 4.98 Å².